The SMILES string of the molecule is CCCCCCCC/C=C\CCCCCCCCCC(=O)OC(COC(=O)CCCCCCCCCCCCCCC)COC(=O)CCCCCCCCCCCCCCCCCCCCCCCCCCCCCCCCCCCCC. The van der Waals surface area contributed by atoms with Crippen molar-refractivity contribution >= 4 is 17.9 Å². The molecule has 0 aliphatic carbocycles. The van der Waals surface area contributed by atoms with Crippen molar-refractivity contribution in [1.82, 2.24) is 0 Å². The lowest BCUT2D eigenvalue weighted by Crippen LogP contribution is -2.30. The van der Waals surface area contributed by atoms with Gasteiger partial charge in [-0.25, -0.2) is 0 Å². The number of hydrogen-bond donors (Lipinski definition) is 0. The van der Waals surface area contributed by atoms with Gasteiger partial charge in [-0.05, 0) is 44.9 Å². The minimum Gasteiger partial charge on any atom is -0.462 e. The summed E-state index contributed by atoms with van der Waals surface area (Å²) in [5, 5.41) is 0. The third kappa shape index (κ3) is 70.8. The van der Waals surface area contributed by atoms with E-state index in [-0.39, 0.29) is 31.1 Å². The second kappa shape index (κ2) is 72.6. The van der Waals surface area contributed by atoms with Gasteiger partial charge >= 0.3 is 17.9 Å². The Balaban J connectivity index is 4.04. The molecule has 0 fully saturated rings. The number of unbranched alkanes of at least 4 members (excludes halogenated alkanes) is 59. The van der Waals surface area contributed by atoms with E-state index in [9.17, 15) is 14.4 Å². The van der Waals surface area contributed by atoms with E-state index in [0.29, 0.717) is 19.3 Å². The molecule has 0 N–H and O–H groups in total. The van der Waals surface area contributed by atoms with E-state index in [1.54, 1.807) is 0 Å². The Morgan fingerprint density at radius 2 is 0.398 bits per heavy atom. The number of carbonyl (C=O) groups excluding carboxylic acids is 3. The first-order valence-electron chi connectivity index (χ1n) is 38.2. The lowest BCUT2D eigenvalue weighted by atomic mass is 10.0. The quantitative estimate of drug-likeness (QED) is 0.0261. The smallest absolute Gasteiger partial charge is 0.306 e. The van der Waals surface area contributed by atoms with E-state index >= 15 is 0 Å². The molecule has 0 spiro atoms. The van der Waals surface area contributed by atoms with Crippen LogP contribution in [0.1, 0.15) is 445 Å². The number of ether oxygens (including phenoxy) is 3. The van der Waals surface area contributed by atoms with Crippen LogP contribution < -0.4 is 0 Å². The predicted molar refractivity (Wildman–Crippen MR) is 363 cm³/mol. The van der Waals surface area contributed by atoms with Gasteiger partial charge in [-0.15, -0.1) is 0 Å². The number of carbonyl (C=O) groups is 3. The van der Waals surface area contributed by atoms with Crippen molar-refractivity contribution in [3.63, 3.8) is 0 Å². The van der Waals surface area contributed by atoms with Crippen LogP contribution in [0.4, 0.5) is 0 Å². The first kappa shape index (κ1) is 81.2. The molecule has 0 heterocycles. The number of esters is 3. The maximum Gasteiger partial charge on any atom is 0.306 e. The summed E-state index contributed by atoms with van der Waals surface area (Å²) in [5.74, 6) is -0.834. The van der Waals surface area contributed by atoms with Gasteiger partial charge in [0.25, 0.3) is 0 Å². The molecule has 1 atom stereocenters. The van der Waals surface area contributed by atoms with Crippen LogP contribution in [0, 0.1) is 0 Å². The highest BCUT2D eigenvalue weighted by Gasteiger charge is 2.20. The lowest BCUT2D eigenvalue weighted by Gasteiger charge is -2.18. The van der Waals surface area contributed by atoms with Gasteiger partial charge < -0.3 is 14.2 Å². The Morgan fingerprint density at radius 1 is 0.229 bits per heavy atom. The van der Waals surface area contributed by atoms with Crippen LogP contribution >= 0.6 is 0 Å². The molecule has 6 heteroatoms. The molecule has 0 radical (unpaired) electrons. The van der Waals surface area contributed by atoms with E-state index in [1.165, 1.54) is 347 Å². The van der Waals surface area contributed by atoms with Gasteiger partial charge in [0.15, 0.2) is 6.10 Å². The second-order valence-corrected chi connectivity index (χ2v) is 26.3. The van der Waals surface area contributed by atoms with E-state index in [1.807, 2.05) is 0 Å². The average Bonchev–Trinajstić information content (AvgIpc) is 3.49. The number of allylic oxidation sites excluding steroid dienone is 2. The summed E-state index contributed by atoms with van der Waals surface area (Å²) in [6.45, 7) is 6.72. The standard InChI is InChI=1S/C77H148O6/c1-4-7-10-13-16-19-22-25-27-29-30-31-32-33-34-35-36-37-38-39-40-41-42-43-44-45-46-48-49-52-55-58-61-64-67-70-76(79)82-73-74(72-81-75(78)69-66-63-60-57-54-51-24-21-18-15-12-9-6-3)83-77(80)71-68-65-62-59-56-53-50-47-28-26-23-20-17-14-11-8-5-2/h26,28,74H,4-25,27,29-73H2,1-3H3/b28-26-. The molecule has 0 rings (SSSR count). The van der Waals surface area contributed by atoms with Crippen LogP contribution in [0.15, 0.2) is 12.2 Å². The molecule has 0 bridgehead atoms. The van der Waals surface area contributed by atoms with Gasteiger partial charge in [0, 0.05) is 19.3 Å². The summed E-state index contributed by atoms with van der Waals surface area (Å²) in [6, 6.07) is 0. The largest absolute Gasteiger partial charge is 0.462 e. The molecule has 0 aromatic carbocycles. The summed E-state index contributed by atoms with van der Waals surface area (Å²) in [5.41, 5.74) is 0. The Kier molecular flexibility index (Phi) is 71.0. The molecule has 0 saturated heterocycles. The van der Waals surface area contributed by atoms with Gasteiger partial charge in [-0.3, -0.25) is 14.4 Å². The average molecular weight is 1170 g/mol. The van der Waals surface area contributed by atoms with Crippen molar-refractivity contribution in [3.05, 3.63) is 12.2 Å². The van der Waals surface area contributed by atoms with Gasteiger partial charge in [-0.1, -0.05) is 392 Å². The molecule has 83 heavy (non-hydrogen) atoms. The van der Waals surface area contributed by atoms with Gasteiger partial charge in [0.05, 0.1) is 0 Å². The normalized spacial score (nSPS) is 12.0. The Hall–Kier alpha value is -1.85. The molecular formula is C77H148O6. The predicted octanol–water partition coefficient (Wildman–Crippen LogP) is 26.3. The number of rotatable bonds is 72. The zero-order chi connectivity index (χ0) is 59.9. The van der Waals surface area contributed by atoms with Crippen LogP contribution in [-0.4, -0.2) is 37.2 Å². The Labute approximate surface area is 520 Å². The zero-order valence-corrected chi connectivity index (χ0v) is 56.8. The highest BCUT2D eigenvalue weighted by atomic mass is 16.6. The van der Waals surface area contributed by atoms with Crippen LogP contribution in [0.2, 0.25) is 0 Å². The van der Waals surface area contributed by atoms with Gasteiger partial charge in [0.2, 0.25) is 0 Å². The minimum atomic E-state index is -0.769. The summed E-state index contributed by atoms with van der Waals surface area (Å²) in [6.07, 6.45) is 88.5. The molecule has 0 aliphatic rings. The molecule has 0 aromatic heterocycles. The van der Waals surface area contributed by atoms with Crippen LogP contribution in [0.25, 0.3) is 0 Å². The van der Waals surface area contributed by atoms with Crippen molar-refractivity contribution in [2.45, 2.75) is 451 Å². The van der Waals surface area contributed by atoms with Crippen molar-refractivity contribution < 1.29 is 28.6 Å². The van der Waals surface area contributed by atoms with Crippen molar-refractivity contribution in [1.29, 1.82) is 0 Å². The highest BCUT2D eigenvalue weighted by Crippen LogP contribution is 2.20. The first-order valence-corrected chi connectivity index (χ1v) is 38.2. The Morgan fingerprint density at radius 3 is 0.602 bits per heavy atom. The van der Waals surface area contributed by atoms with E-state index in [2.05, 4.69) is 32.9 Å². The summed E-state index contributed by atoms with van der Waals surface area (Å²) in [4.78, 5) is 38.4. The first-order chi connectivity index (χ1) is 41.0. The van der Waals surface area contributed by atoms with E-state index in [0.717, 1.165) is 57.8 Å². The van der Waals surface area contributed by atoms with Crippen molar-refractivity contribution in [3.8, 4) is 0 Å². The molecule has 0 amide bonds. The highest BCUT2D eigenvalue weighted by molar-refractivity contribution is 5.71. The summed E-state index contributed by atoms with van der Waals surface area (Å²) < 4.78 is 17.0. The molecule has 0 aliphatic heterocycles. The van der Waals surface area contributed by atoms with Crippen LogP contribution in [0.3, 0.4) is 0 Å². The van der Waals surface area contributed by atoms with Gasteiger partial charge in [-0.2, -0.15) is 0 Å². The monoisotopic (exact) mass is 1170 g/mol. The van der Waals surface area contributed by atoms with E-state index in [4.69, 9.17) is 14.2 Å². The zero-order valence-electron chi connectivity index (χ0n) is 56.8. The third-order valence-electron chi connectivity index (χ3n) is 17.8. The fourth-order valence-corrected chi connectivity index (χ4v) is 12.0. The van der Waals surface area contributed by atoms with E-state index < -0.39 is 6.10 Å². The Bertz CT molecular complexity index is 1300. The molecule has 0 aromatic rings. The fourth-order valence-electron chi connectivity index (χ4n) is 12.0. The molecule has 1 unspecified atom stereocenters. The third-order valence-corrected chi connectivity index (χ3v) is 17.8. The van der Waals surface area contributed by atoms with Crippen LogP contribution in [0.5, 0.6) is 0 Å². The number of hydrogen-bond acceptors (Lipinski definition) is 6. The molecule has 6 nitrogen and oxygen atoms in total. The molecular weight excluding hydrogens is 1020 g/mol. The minimum absolute atomic E-state index is 0.0650. The van der Waals surface area contributed by atoms with Crippen LogP contribution in [-0.2, 0) is 28.6 Å². The summed E-state index contributed by atoms with van der Waals surface area (Å²) in [7, 11) is 0. The fraction of sp³-hybridized carbons (Fsp3) is 0.935. The van der Waals surface area contributed by atoms with Crippen molar-refractivity contribution in [2.75, 3.05) is 13.2 Å². The maximum atomic E-state index is 12.9. The summed E-state index contributed by atoms with van der Waals surface area (Å²) >= 11 is 0. The molecule has 0 saturated carbocycles. The van der Waals surface area contributed by atoms with Gasteiger partial charge in [0.1, 0.15) is 13.2 Å². The molecule has 492 valence electrons. The van der Waals surface area contributed by atoms with Crippen molar-refractivity contribution in [2.24, 2.45) is 0 Å². The lowest BCUT2D eigenvalue weighted by molar-refractivity contribution is -0.167. The second-order valence-electron chi connectivity index (χ2n) is 26.3. The topological polar surface area (TPSA) is 78.9 Å². The maximum absolute atomic E-state index is 12.9.